The van der Waals surface area contributed by atoms with Gasteiger partial charge in [0.2, 0.25) is 5.28 Å². The number of aryl methyl sites for hydroxylation is 1. The summed E-state index contributed by atoms with van der Waals surface area (Å²) < 4.78 is 0. The number of rotatable bonds is 2. The maximum atomic E-state index is 6.14. The lowest BCUT2D eigenvalue weighted by atomic mass is 9.92. The molecule has 0 spiro atoms. The van der Waals surface area contributed by atoms with E-state index in [1.807, 2.05) is 0 Å². The maximum absolute atomic E-state index is 6.14. The van der Waals surface area contributed by atoms with Crippen LogP contribution in [0.2, 0.25) is 5.28 Å². The molecule has 3 nitrogen and oxygen atoms in total. The molecule has 2 aromatic heterocycles. The lowest BCUT2D eigenvalue weighted by Gasteiger charge is -2.39. The number of thiophene rings is 1. The van der Waals surface area contributed by atoms with Gasteiger partial charge in [-0.05, 0) is 49.8 Å². The van der Waals surface area contributed by atoms with Crippen LogP contribution >= 0.6 is 22.9 Å². The van der Waals surface area contributed by atoms with E-state index < -0.39 is 0 Å². The number of anilines is 1. The molecule has 0 radical (unpaired) electrons. The zero-order valence-corrected chi connectivity index (χ0v) is 13.8. The fourth-order valence-electron chi connectivity index (χ4n) is 2.96. The van der Waals surface area contributed by atoms with Gasteiger partial charge in [0.15, 0.2) is 0 Å². The zero-order chi connectivity index (χ0) is 14.3. The number of hydrogen-bond acceptors (Lipinski definition) is 4. The van der Waals surface area contributed by atoms with Crippen molar-refractivity contribution in [3.05, 3.63) is 16.2 Å². The molecule has 0 aromatic carbocycles. The largest absolute Gasteiger partial charge is 0.353 e. The van der Waals surface area contributed by atoms with Gasteiger partial charge in [-0.1, -0.05) is 13.8 Å². The predicted octanol–water partition coefficient (Wildman–Crippen LogP) is 4.53. The first-order valence-electron chi connectivity index (χ1n) is 7.32. The average molecular weight is 310 g/mol. The van der Waals surface area contributed by atoms with Crippen molar-refractivity contribution in [3.63, 3.8) is 0 Å². The number of nitrogens with zero attached hydrogens (tertiary/aromatic N) is 3. The molecule has 1 aliphatic heterocycles. The van der Waals surface area contributed by atoms with Crippen LogP contribution in [0, 0.1) is 5.92 Å². The van der Waals surface area contributed by atoms with Crippen LogP contribution in [0.5, 0.6) is 0 Å². The third-order valence-electron chi connectivity index (χ3n) is 4.39. The van der Waals surface area contributed by atoms with E-state index in [9.17, 15) is 0 Å². The van der Waals surface area contributed by atoms with Crippen molar-refractivity contribution < 1.29 is 0 Å². The van der Waals surface area contributed by atoms with Crippen molar-refractivity contribution in [2.75, 3.05) is 11.4 Å². The lowest BCUT2D eigenvalue weighted by Crippen LogP contribution is -2.43. The first kappa shape index (κ1) is 14.1. The van der Waals surface area contributed by atoms with Crippen molar-refractivity contribution in [1.29, 1.82) is 0 Å². The Morgan fingerprint density at radius 3 is 2.95 bits per heavy atom. The second kappa shape index (κ2) is 5.49. The van der Waals surface area contributed by atoms with E-state index in [2.05, 4.69) is 41.7 Å². The minimum absolute atomic E-state index is 0.363. The molecule has 1 fully saturated rings. The smallest absolute Gasteiger partial charge is 0.225 e. The molecule has 0 N–H and O–H groups in total. The first-order chi connectivity index (χ1) is 9.60. The highest BCUT2D eigenvalue weighted by Gasteiger charge is 2.27. The molecule has 20 heavy (non-hydrogen) atoms. The highest BCUT2D eigenvalue weighted by molar-refractivity contribution is 7.18. The predicted molar refractivity (Wildman–Crippen MR) is 87.0 cm³/mol. The summed E-state index contributed by atoms with van der Waals surface area (Å²) in [4.78, 5) is 13.7. The van der Waals surface area contributed by atoms with Gasteiger partial charge in [-0.3, -0.25) is 0 Å². The summed E-state index contributed by atoms with van der Waals surface area (Å²) in [6.07, 6.45) is 3.55. The molecule has 5 heteroatoms. The van der Waals surface area contributed by atoms with Gasteiger partial charge < -0.3 is 4.90 Å². The van der Waals surface area contributed by atoms with Crippen molar-refractivity contribution in [1.82, 2.24) is 9.97 Å². The number of hydrogen-bond donors (Lipinski definition) is 0. The Labute approximate surface area is 129 Å². The molecule has 1 saturated heterocycles. The fourth-order valence-corrected chi connectivity index (χ4v) is 4.13. The van der Waals surface area contributed by atoms with E-state index in [4.69, 9.17) is 11.6 Å². The summed E-state index contributed by atoms with van der Waals surface area (Å²) >= 11 is 7.87. The summed E-state index contributed by atoms with van der Waals surface area (Å²) in [6, 6.07) is 2.74. The van der Waals surface area contributed by atoms with Gasteiger partial charge in [0.1, 0.15) is 10.6 Å². The Balaban J connectivity index is 2.11. The minimum atomic E-state index is 0.363. The van der Waals surface area contributed by atoms with Crippen molar-refractivity contribution in [2.24, 2.45) is 5.92 Å². The van der Waals surface area contributed by atoms with Gasteiger partial charge in [-0.2, -0.15) is 4.98 Å². The number of piperidine rings is 1. The van der Waals surface area contributed by atoms with E-state index in [-0.39, 0.29) is 0 Å². The van der Waals surface area contributed by atoms with E-state index in [0.717, 1.165) is 29.0 Å². The minimum Gasteiger partial charge on any atom is -0.353 e. The molecule has 0 saturated carbocycles. The van der Waals surface area contributed by atoms with Crippen LogP contribution in [-0.4, -0.2) is 22.6 Å². The van der Waals surface area contributed by atoms with Gasteiger partial charge in [0.05, 0.1) is 5.39 Å². The van der Waals surface area contributed by atoms with Crippen molar-refractivity contribution in [2.45, 2.75) is 46.1 Å². The summed E-state index contributed by atoms with van der Waals surface area (Å²) in [5.74, 6) is 1.71. The molecule has 2 aromatic rings. The molecule has 0 aliphatic carbocycles. The number of fused-ring (bicyclic) bond motifs is 1. The lowest BCUT2D eigenvalue weighted by molar-refractivity contribution is 0.362. The highest BCUT2D eigenvalue weighted by atomic mass is 35.5. The first-order valence-corrected chi connectivity index (χ1v) is 8.52. The van der Waals surface area contributed by atoms with Gasteiger partial charge >= 0.3 is 0 Å². The Hall–Kier alpha value is -0.870. The number of aromatic nitrogens is 2. The average Bonchev–Trinajstić information content (AvgIpc) is 2.84. The summed E-state index contributed by atoms with van der Waals surface area (Å²) in [6.45, 7) is 7.84. The summed E-state index contributed by atoms with van der Waals surface area (Å²) in [5, 5.41) is 1.53. The Kier molecular flexibility index (Phi) is 3.87. The van der Waals surface area contributed by atoms with Crippen LogP contribution in [0.4, 0.5) is 5.82 Å². The SMILES string of the molecule is CCc1cc2c(N3CCCC(C)C3C)nc(Cl)nc2s1. The Morgan fingerprint density at radius 1 is 1.40 bits per heavy atom. The summed E-state index contributed by atoms with van der Waals surface area (Å²) in [5.41, 5.74) is 0. The molecule has 0 amide bonds. The second-order valence-corrected chi connectivity index (χ2v) is 7.11. The number of halogens is 1. The molecule has 3 rings (SSSR count). The van der Waals surface area contributed by atoms with Crippen LogP contribution in [0.3, 0.4) is 0 Å². The molecule has 2 unspecified atom stereocenters. The second-order valence-electron chi connectivity index (χ2n) is 5.65. The molecule has 2 atom stereocenters. The molecular formula is C15H20ClN3S. The quantitative estimate of drug-likeness (QED) is 0.763. The van der Waals surface area contributed by atoms with E-state index >= 15 is 0 Å². The van der Waals surface area contributed by atoms with Crippen molar-refractivity contribution in [3.8, 4) is 0 Å². The topological polar surface area (TPSA) is 29.0 Å². The van der Waals surface area contributed by atoms with Gasteiger partial charge in [0.25, 0.3) is 0 Å². The third-order valence-corrected chi connectivity index (χ3v) is 5.73. The zero-order valence-electron chi connectivity index (χ0n) is 12.2. The van der Waals surface area contributed by atoms with Gasteiger partial charge in [-0.15, -0.1) is 11.3 Å². The van der Waals surface area contributed by atoms with Crippen LogP contribution in [0.15, 0.2) is 6.07 Å². The van der Waals surface area contributed by atoms with Gasteiger partial charge in [0, 0.05) is 17.5 Å². The van der Waals surface area contributed by atoms with E-state index in [0.29, 0.717) is 17.2 Å². The monoisotopic (exact) mass is 309 g/mol. The molecule has 3 heterocycles. The fraction of sp³-hybridized carbons (Fsp3) is 0.600. The molecule has 1 aliphatic rings. The van der Waals surface area contributed by atoms with Crippen molar-refractivity contribution >= 4 is 39.0 Å². The third kappa shape index (κ3) is 2.40. The summed E-state index contributed by atoms with van der Waals surface area (Å²) in [7, 11) is 0. The Bertz CT molecular complexity index is 625. The van der Waals surface area contributed by atoms with E-state index in [1.54, 1.807) is 11.3 Å². The van der Waals surface area contributed by atoms with E-state index in [1.165, 1.54) is 17.7 Å². The highest BCUT2D eigenvalue weighted by Crippen LogP contribution is 2.36. The Morgan fingerprint density at radius 2 is 2.20 bits per heavy atom. The standard InChI is InChI=1S/C15H20ClN3S/c1-4-11-8-12-13(17-15(16)18-14(12)20-11)19-7-5-6-9(2)10(19)3/h8-10H,4-7H2,1-3H3. The maximum Gasteiger partial charge on any atom is 0.225 e. The normalized spacial score (nSPS) is 23.5. The molecular weight excluding hydrogens is 290 g/mol. The van der Waals surface area contributed by atoms with Crippen LogP contribution in [0.1, 0.15) is 38.5 Å². The van der Waals surface area contributed by atoms with Crippen LogP contribution in [-0.2, 0) is 6.42 Å². The van der Waals surface area contributed by atoms with Crippen LogP contribution in [0.25, 0.3) is 10.2 Å². The van der Waals surface area contributed by atoms with Gasteiger partial charge in [-0.25, -0.2) is 4.98 Å². The van der Waals surface area contributed by atoms with Crippen LogP contribution < -0.4 is 4.90 Å². The molecule has 108 valence electrons. The molecule has 0 bridgehead atoms.